The van der Waals surface area contributed by atoms with Crippen LogP contribution in [0.25, 0.3) is 0 Å². The predicted octanol–water partition coefficient (Wildman–Crippen LogP) is 2.77. The highest BCUT2D eigenvalue weighted by Crippen LogP contribution is 2.54. The Morgan fingerprint density at radius 1 is 1.42 bits per heavy atom. The number of Topliss-reactive ketones (excluding diaryl/α,β-unsaturated/α-hetero) is 1. The fourth-order valence-electron chi connectivity index (χ4n) is 4.85. The summed E-state index contributed by atoms with van der Waals surface area (Å²) < 4.78 is 5.65. The molecule has 2 heterocycles. The molecule has 0 radical (unpaired) electrons. The first kappa shape index (κ1) is 18.1. The third kappa shape index (κ3) is 3.32. The number of nitrogens with zero attached hydrogens (tertiary/aromatic N) is 1. The van der Waals surface area contributed by atoms with Crippen molar-refractivity contribution in [1.29, 1.82) is 0 Å². The standard InChI is InChI=1S/C20H27ClN2O3/c1-20(2,25)10-23-8-14-11(15(14)9-23)3-4-17(24)13-7-16(21)18(22)12-5-6-26-19(12)13/h7,11,14-15,25H,3-6,8-10,22H2,1-2H3. The van der Waals surface area contributed by atoms with Gasteiger partial charge in [-0.25, -0.2) is 0 Å². The van der Waals surface area contributed by atoms with E-state index in [1.54, 1.807) is 6.07 Å². The Kier molecular flexibility index (Phi) is 4.45. The number of nitrogens with two attached hydrogens (primary N) is 1. The van der Waals surface area contributed by atoms with E-state index < -0.39 is 5.60 Å². The highest BCUT2D eigenvalue weighted by atomic mass is 35.5. The van der Waals surface area contributed by atoms with E-state index in [0.29, 0.717) is 59.2 Å². The van der Waals surface area contributed by atoms with E-state index in [1.165, 1.54) is 0 Å². The smallest absolute Gasteiger partial charge is 0.166 e. The number of carbonyl (C=O) groups is 1. The second kappa shape index (κ2) is 6.39. The molecule has 142 valence electrons. The Morgan fingerprint density at radius 2 is 2.12 bits per heavy atom. The zero-order valence-electron chi connectivity index (χ0n) is 15.4. The summed E-state index contributed by atoms with van der Waals surface area (Å²) in [6, 6.07) is 1.67. The van der Waals surface area contributed by atoms with Crippen molar-refractivity contribution < 1.29 is 14.6 Å². The van der Waals surface area contributed by atoms with Crippen LogP contribution in [0, 0.1) is 17.8 Å². The molecule has 4 rings (SSSR count). The molecule has 2 aliphatic heterocycles. The number of fused-ring (bicyclic) bond motifs is 2. The summed E-state index contributed by atoms with van der Waals surface area (Å²) in [5.41, 5.74) is 7.38. The number of ketones is 1. The summed E-state index contributed by atoms with van der Waals surface area (Å²) in [6.07, 6.45) is 2.16. The van der Waals surface area contributed by atoms with E-state index in [-0.39, 0.29) is 5.78 Å². The van der Waals surface area contributed by atoms with E-state index in [4.69, 9.17) is 22.1 Å². The van der Waals surface area contributed by atoms with E-state index in [2.05, 4.69) is 4.90 Å². The van der Waals surface area contributed by atoms with Gasteiger partial charge in [0, 0.05) is 38.0 Å². The van der Waals surface area contributed by atoms with E-state index in [1.807, 2.05) is 13.8 Å². The monoisotopic (exact) mass is 378 g/mol. The number of benzene rings is 1. The molecule has 5 nitrogen and oxygen atoms in total. The molecule has 6 heteroatoms. The van der Waals surface area contributed by atoms with Crippen molar-refractivity contribution in [3.05, 3.63) is 22.2 Å². The summed E-state index contributed by atoms with van der Waals surface area (Å²) in [4.78, 5) is 15.1. The molecule has 1 saturated heterocycles. The largest absolute Gasteiger partial charge is 0.492 e. The van der Waals surface area contributed by atoms with Gasteiger partial charge >= 0.3 is 0 Å². The second-order valence-corrected chi connectivity index (χ2v) is 9.09. The number of nitrogen functional groups attached to an aromatic ring is 1. The zero-order valence-corrected chi connectivity index (χ0v) is 16.2. The van der Waals surface area contributed by atoms with Crippen molar-refractivity contribution in [2.24, 2.45) is 17.8 Å². The average molecular weight is 379 g/mol. The number of hydrogen-bond acceptors (Lipinski definition) is 5. The highest BCUT2D eigenvalue weighted by molar-refractivity contribution is 6.33. The van der Waals surface area contributed by atoms with Gasteiger partial charge in [-0.3, -0.25) is 9.69 Å². The number of β-amino-alcohol motifs (C(OH)–C–C–N with tert-alkyl or cyclic N) is 1. The molecule has 0 amide bonds. The molecule has 3 aliphatic rings. The number of likely N-dealkylation sites (tertiary alicyclic amines) is 1. The van der Waals surface area contributed by atoms with Gasteiger partial charge in [-0.1, -0.05) is 11.6 Å². The van der Waals surface area contributed by atoms with Gasteiger partial charge in [-0.05, 0) is 44.1 Å². The van der Waals surface area contributed by atoms with Gasteiger partial charge in [-0.15, -0.1) is 0 Å². The summed E-state index contributed by atoms with van der Waals surface area (Å²) in [6.45, 7) is 7.07. The normalized spacial score (nSPS) is 27.2. The van der Waals surface area contributed by atoms with Crippen molar-refractivity contribution in [3.63, 3.8) is 0 Å². The van der Waals surface area contributed by atoms with Gasteiger partial charge in [0.25, 0.3) is 0 Å². The van der Waals surface area contributed by atoms with Gasteiger partial charge in [0.15, 0.2) is 5.78 Å². The average Bonchev–Trinajstić information content (AvgIpc) is 2.95. The first-order valence-corrected chi connectivity index (χ1v) is 9.84. The molecular weight excluding hydrogens is 352 g/mol. The molecule has 0 spiro atoms. The number of anilines is 1. The van der Waals surface area contributed by atoms with Crippen LogP contribution in [0.1, 0.15) is 42.6 Å². The van der Waals surface area contributed by atoms with Crippen LogP contribution in [-0.2, 0) is 6.42 Å². The van der Waals surface area contributed by atoms with Crippen molar-refractivity contribution >= 4 is 23.1 Å². The van der Waals surface area contributed by atoms with Crippen molar-refractivity contribution in [1.82, 2.24) is 4.90 Å². The molecule has 0 bridgehead atoms. The second-order valence-electron chi connectivity index (χ2n) is 8.69. The predicted molar refractivity (Wildman–Crippen MR) is 102 cm³/mol. The Morgan fingerprint density at radius 3 is 2.77 bits per heavy atom. The quantitative estimate of drug-likeness (QED) is 0.588. The van der Waals surface area contributed by atoms with Gasteiger partial charge in [0.2, 0.25) is 0 Å². The maximum absolute atomic E-state index is 12.7. The summed E-state index contributed by atoms with van der Waals surface area (Å²) in [5.74, 6) is 2.74. The number of halogens is 1. The highest BCUT2D eigenvalue weighted by Gasteiger charge is 2.55. The van der Waals surface area contributed by atoms with Crippen LogP contribution >= 0.6 is 11.6 Å². The molecule has 1 aromatic carbocycles. The topological polar surface area (TPSA) is 75.8 Å². The zero-order chi connectivity index (χ0) is 18.6. The molecule has 3 N–H and O–H groups in total. The minimum absolute atomic E-state index is 0.100. The Hall–Kier alpha value is -1.30. The molecular formula is C20H27ClN2O3. The van der Waals surface area contributed by atoms with Crippen LogP contribution in [0.3, 0.4) is 0 Å². The molecule has 2 fully saturated rings. The van der Waals surface area contributed by atoms with Crippen LogP contribution in [0.2, 0.25) is 5.02 Å². The molecule has 2 atom stereocenters. The minimum atomic E-state index is -0.642. The van der Waals surface area contributed by atoms with E-state index in [9.17, 15) is 9.90 Å². The van der Waals surface area contributed by atoms with E-state index >= 15 is 0 Å². The van der Waals surface area contributed by atoms with Crippen molar-refractivity contribution in [3.8, 4) is 5.75 Å². The molecule has 1 aromatic rings. The number of carbonyl (C=O) groups excluding carboxylic acids is 1. The lowest BCUT2D eigenvalue weighted by molar-refractivity contribution is 0.0388. The van der Waals surface area contributed by atoms with Crippen LogP contribution in [0.15, 0.2) is 6.07 Å². The van der Waals surface area contributed by atoms with Crippen LogP contribution in [-0.4, -0.2) is 47.6 Å². The van der Waals surface area contributed by atoms with Crippen molar-refractivity contribution in [2.45, 2.75) is 38.7 Å². The lowest BCUT2D eigenvalue weighted by Crippen LogP contribution is -2.38. The lowest BCUT2D eigenvalue weighted by atomic mass is 9.98. The first-order chi connectivity index (χ1) is 12.2. The number of hydrogen-bond donors (Lipinski definition) is 2. The van der Waals surface area contributed by atoms with E-state index in [0.717, 1.165) is 31.6 Å². The van der Waals surface area contributed by atoms with Crippen LogP contribution in [0.4, 0.5) is 5.69 Å². The van der Waals surface area contributed by atoms with Gasteiger partial charge in [-0.2, -0.15) is 0 Å². The molecule has 0 aromatic heterocycles. The number of aliphatic hydroxyl groups is 1. The Bertz CT molecular complexity index is 732. The number of rotatable bonds is 6. The minimum Gasteiger partial charge on any atom is -0.492 e. The van der Waals surface area contributed by atoms with Crippen molar-refractivity contribution in [2.75, 3.05) is 32.0 Å². The molecule has 2 unspecified atom stereocenters. The number of ether oxygens (including phenoxy) is 1. The summed E-state index contributed by atoms with van der Waals surface area (Å²) in [7, 11) is 0. The lowest BCUT2D eigenvalue weighted by Gasteiger charge is -2.27. The third-order valence-electron chi connectivity index (χ3n) is 6.03. The summed E-state index contributed by atoms with van der Waals surface area (Å²) >= 11 is 6.20. The summed E-state index contributed by atoms with van der Waals surface area (Å²) in [5, 5.41) is 10.4. The Balaban J connectivity index is 1.33. The third-order valence-corrected chi connectivity index (χ3v) is 6.35. The molecule has 1 saturated carbocycles. The fourth-order valence-corrected chi connectivity index (χ4v) is 5.07. The van der Waals surface area contributed by atoms with Crippen LogP contribution in [0.5, 0.6) is 5.75 Å². The number of piperidine rings is 1. The maximum atomic E-state index is 12.7. The fraction of sp³-hybridized carbons (Fsp3) is 0.650. The maximum Gasteiger partial charge on any atom is 0.166 e. The molecule has 1 aliphatic carbocycles. The molecule has 26 heavy (non-hydrogen) atoms. The Labute approximate surface area is 159 Å². The van der Waals surface area contributed by atoms with Gasteiger partial charge < -0.3 is 15.6 Å². The van der Waals surface area contributed by atoms with Gasteiger partial charge in [0.1, 0.15) is 5.75 Å². The SMILES string of the molecule is CC(C)(O)CN1CC2C(CCC(=O)c3cc(Cl)c(N)c4c3OCC4)C2C1. The van der Waals surface area contributed by atoms with Crippen LogP contribution < -0.4 is 10.5 Å². The van der Waals surface area contributed by atoms with Gasteiger partial charge in [0.05, 0.1) is 28.5 Å². The first-order valence-electron chi connectivity index (χ1n) is 9.46.